The zero-order valence-electron chi connectivity index (χ0n) is 37.5. The summed E-state index contributed by atoms with van der Waals surface area (Å²) in [6, 6.07) is 0. The van der Waals surface area contributed by atoms with Gasteiger partial charge in [0.1, 0.15) is 42.7 Å². The minimum absolute atomic E-state index is 0.0463. The molecule has 61 heavy (non-hydrogen) atoms. The van der Waals surface area contributed by atoms with Crippen molar-refractivity contribution in [2.24, 2.45) is 5.41 Å². The summed E-state index contributed by atoms with van der Waals surface area (Å²) in [6.45, 7) is 17.0. The first-order valence-electron chi connectivity index (χ1n) is 20.9. The van der Waals surface area contributed by atoms with E-state index in [2.05, 4.69) is 44.3 Å². The number of carbonyl (C=O) groups excluding carboxylic acids is 5. The average molecular weight is 880 g/mol. The van der Waals surface area contributed by atoms with E-state index in [4.69, 9.17) is 28.4 Å². The maximum atomic E-state index is 14.7. The molecule has 0 saturated heterocycles. The molecule has 1 amide bonds. The van der Waals surface area contributed by atoms with Gasteiger partial charge >= 0.3 is 30.0 Å². The number of anilines is 1. The molecular formula is C41H66N7O12P. The van der Waals surface area contributed by atoms with Crippen LogP contribution in [-0.2, 0) is 58.7 Å². The topological polar surface area (TPSA) is 237 Å². The monoisotopic (exact) mass is 879 g/mol. The maximum Gasteiger partial charge on any atom is 0.412 e. The van der Waals surface area contributed by atoms with Crippen molar-refractivity contribution in [1.29, 1.82) is 0 Å². The number of aromatic nitrogens is 4. The predicted molar refractivity (Wildman–Crippen MR) is 226 cm³/mol. The number of esters is 4. The van der Waals surface area contributed by atoms with Crippen LogP contribution in [0.1, 0.15) is 127 Å². The molecule has 19 nitrogen and oxygen atoms in total. The second-order valence-electron chi connectivity index (χ2n) is 17.0. The molecule has 1 aliphatic rings. The number of unbranched alkanes of at least 4 members (excludes halogenated alkanes) is 6. The number of hydrogen-bond acceptors (Lipinski definition) is 15. The van der Waals surface area contributed by atoms with Gasteiger partial charge < -0.3 is 33.0 Å². The Bertz CT molecular complexity index is 1870. The van der Waals surface area contributed by atoms with Crippen LogP contribution in [0.5, 0.6) is 0 Å². The zero-order valence-corrected chi connectivity index (χ0v) is 38.4. The highest BCUT2D eigenvalue weighted by atomic mass is 31.2. The van der Waals surface area contributed by atoms with Crippen LogP contribution < -0.4 is 15.5 Å². The van der Waals surface area contributed by atoms with E-state index in [1.807, 2.05) is 0 Å². The van der Waals surface area contributed by atoms with Gasteiger partial charge in [-0.2, -0.15) is 0 Å². The van der Waals surface area contributed by atoms with Crippen LogP contribution >= 0.6 is 7.44 Å². The molecule has 0 aliphatic carbocycles. The SMILES string of the molecule is CCCCCCOC(=O)C(C)(C)NP(=O)(CO[C@H](C)Cn1cnc2c(NC(=O)OCC(C)(C)C(=O)OCC3=C(C)CC(=O)O3)ncnc21)NC(C)(C)C(=O)OCCCCCC. The van der Waals surface area contributed by atoms with Crippen LogP contribution in [0.15, 0.2) is 24.0 Å². The van der Waals surface area contributed by atoms with Crippen LogP contribution in [0.3, 0.4) is 0 Å². The molecule has 2 aromatic rings. The lowest BCUT2D eigenvalue weighted by Crippen LogP contribution is -2.54. The fourth-order valence-corrected chi connectivity index (χ4v) is 8.63. The van der Waals surface area contributed by atoms with E-state index in [0.717, 1.165) is 38.5 Å². The molecule has 0 spiro atoms. The highest BCUT2D eigenvalue weighted by Crippen LogP contribution is 2.42. The van der Waals surface area contributed by atoms with Crippen LogP contribution in [0.2, 0.25) is 0 Å². The number of carbonyl (C=O) groups is 5. The van der Waals surface area contributed by atoms with E-state index in [1.165, 1.54) is 12.7 Å². The maximum absolute atomic E-state index is 14.7. The molecule has 1 atom stereocenters. The zero-order chi connectivity index (χ0) is 45.4. The minimum atomic E-state index is -3.91. The summed E-state index contributed by atoms with van der Waals surface area (Å²) < 4.78 is 49.3. The van der Waals surface area contributed by atoms with Crippen LogP contribution in [0.4, 0.5) is 10.6 Å². The number of nitrogens with one attached hydrogen (secondary N) is 3. The van der Waals surface area contributed by atoms with Gasteiger partial charge in [0.05, 0.1) is 44.0 Å². The van der Waals surface area contributed by atoms with Gasteiger partial charge in [0.2, 0.25) is 7.44 Å². The molecule has 0 saturated carbocycles. The van der Waals surface area contributed by atoms with Crippen LogP contribution in [0, 0.1) is 5.41 Å². The lowest BCUT2D eigenvalue weighted by atomic mass is 9.95. The second kappa shape index (κ2) is 23.1. The van der Waals surface area contributed by atoms with Gasteiger partial charge in [-0.1, -0.05) is 52.4 Å². The van der Waals surface area contributed by atoms with Gasteiger partial charge in [-0.25, -0.2) is 29.9 Å². The summed E-state index contributed by atoms with van der Waals surface area (Å²) in [5.74, 6) is -1.95. The molecule has 0 radical (unpaired) electrons. The molecule has 342 valence electrons. The normalized spacial score (nSPS) is 14.2. The highest BCUT2D eigenvalue weighted by Gasteiger charge is 2.43. The Morgan fingerprint density at radius 1 is 0.836 bits per heavy atom. The minimum Gasteiger partial charge on any atom is -0.464 e. The molecule has 3 rings (SSSR count). The van der Waals surface area contributed by atoms with Crippen molar-refractivity contribution < 1.29 is 57.0 Å². The van der Waals surface area contributed by atoms with E-state index in [0.29, 0.717) is 24.1 Å². The molecule has 0 unspecified atom stereocenters. The summed E-state index contributed by atoms with van der Waals surface area (Å²) in [5.41, 5.74) is -2.83. The quantitative estimate of drug-likeness (QED) is 0.0366. The lowest BCUT2D eigenvalue weighted by Gasteiger charge is -2.35. The Morgan fingerprint density at radius 3 is 1.97 bits per heavy atom. The van der Waals surface area contributed by atoms with E-state index in [-0.39, 0.29) is 56.5 Å². The Morgan fingerprint density at radius 2 is 1.43 bits per heavy atom. The third kappa shape index (κ3) is 16.1. The number of rotatable bonds is 27. The second-order valence-corrected chi connectivity index (χ2v) is 19.2. The third-order valence-corrected chi connectivity index (χ3v) is 11.9. The van der Waals surface area contributed by atoms with Crippen molar-refractivity contribution in [3.63, 3.8) is 0 Å². The van der Waals surface area contributed by atoms with Gasteiger partial charge in [0.25, 0.3) is 0 Å². The third-order valence-electron chi connectivity index (χ3n) is 9.59. The van der Waals surface area contributed by atoms with Gasteiger partial charge in [-0.05, 0) is 73.8 Å². The van der Waals surface area contributed by atoms with Crippen molar-refractivity contribution in [3.8, 4) is 0 Å². The smallest absolute Gasteiger partial charge is 0.412 e. The molecule has 0 bridgehead atoms. The summed E-state index contributed by atoms with van der Waals surface area (Å²) >= 11 is 0. The van der Waals surface area contributed by atoms with E-state index < -0.39 is 66.4 Å². The molecule has 3 heterocycles. The van der Waals surface area contributed by atoms with Gasteiger partial charge in [-0.15, -0.1) is 0 Å². The summed E-state index contributed by atoms with van der Waals surface area (Å²) in [4.78, 5) is 76.3. The number of nitrogens with zero attached hydrogens (tertiary/aromatic N) is 4. The Hall–Kier alpha value is -4.45. The number of cyclic esters (lactones) is 1. The summed E-state index contributed by atoms with van der Waals surface area (Å²) in [5, 5.41) is 8.40. The average Bonchev–Trinajstić information content (AvgIpc) is 3.75. The highest BCUT2D eigenvalue weighted by molar-refractivity contribution is 7.59. The molecule has 3 N–H and O–H groups in total. The van der Waals surface area contributed by atoms with E-state index in [9.17, 15) is 28.5 Å². The fraction of sp³-hybridized carbons (Fsp3) is 0.707. The van der Waals surface area contributed by atoms with Crippen LogP contribution in [-0.4, -0.2) is 99.4 Å². The number of fused-ring (bicyclic) bond motifs is 1. The predicted octanol–water partition coefficient (Wildman–Crippen LogP) is 6.70. The first kappa shape index (κ1) is 50.9. The lowest BCUT2D eigenvalue weighted by molar-refractivity contribution is -0.157. The summed E-state index contributed by atoms with van der Waals surface area (Å²) in [7, 11) is -3.91. The van der Waals surface area contributed by atoms with Crippen molar-refractivity contribution in [1.82, 2.24) is 29.7 Å². The molecule has 0 fully saturated rings. The molecule has 1 aliphatic heterocycles. The van der Waals surface area contributed by atoms with E-state index >= 15 is 0 Å². The number of hydrogen-bond donors (Lipinski definition) is 3. The first-order valence-corrected chi connectivity index (χ1v) is 22.8. The van der Waals surface area contributed by atoms with Gasteiger partial charge in [0, 0.05) is 0 Å². The number of ether oxygens (including phenoxy) is 6. The van der Waals surface area contributed by atoms with Crippen molar-refractivity contribution in [2.75, 3.05) is 38.1 Å². The first-order chi connectivity index (χ1) is 28.6. The van der Waals surface area contributed by atoms with Gasteiger partial charge in [0.15, 0.2) is 17.0 Å². The number of amides is 1. The van der Waals surface area contributed by atoms with Crippen molar-refractivity contribution in [3.05, 3.63) is 24.0 Å². The number of imidazole rings is 1. The largest absolute Gasteiger partial charge is 0.464 e. The van der Waals surface area contributed by atoms with Crippen molar-refractivity contribution in [2.45, 2.75) is 151 Å². The van der Waals surface area contributed by atoms with Crippen molar-refractivity contribution >= 4 is 54.4 Å². The summed E-state index contributed by atoms with van der Waals surface area (Å²) in [6.07, 6.45) is 8.26. The van der Waals surface area contributed by atoms with E-state index in [1.54, 1.807) is 60.0 Å². The van der Waals surface area contributed by atoms with Crippen LogP contribution in [0.25, 0.3) is 11.2 Å². The standard InChI is InChI=1S/C41H66N7O12P/c1-11-13-15-17-19-55-36(51)40(7,8)46-61(54,47-41(9,10)37(52)56-20-18-16-14-12-2)27-59-29(4)22-48-26-44-32-33(42-25-43-34(32)48)45-38(53)58-24-39(5,6)35(50)57-23-30-28(3)21-31(49)60-30/h25-26,29H,11-24,27H2,1-10H3,(H2,46,47,54)(H,42,43,45,53)/t29-/m1/s1. The Labute approximate surface area is 358 Å². The molecule has 0 aromatic carbocycles. The Kier molecular flexibility index (Phi) is 19.3. The molecule has 2 aromatic heterocycles. The molecular weight excluding hydrogens is 813 g/mol. The fourth-order valence-electron chi connectivity index (χ4n) is 6.00. The van der Waals surface area contributed by atoms with Gasteiger partial charge in [-0.3, -0.25) is 29.1 Å². The Balaban J connectivity index is 1.67. The molecule has 20 heteroatoms.